The van der Waals surface area contributed by atoms with E-state index in [2.05, 4.69) is 4.98 Å². The molecule has 208 valence electrons. The predicted octanol–water partition coefficient (Wildman–Crippen LogP) is 6.98. The van der Waals surface area contributed by atoms with E-state index in [0.717, 1.165) is 24.4 Å². The third-order valence-corrected chi connectivity index (χ3v) is 8.29. The molecule has 0 amide bonds. The second-order valence-electron chi connectivity index (χ2n) is 10.7. The Labute approximate surface area is 215 Å². The Bertz CT molecular complexity index is 1450. The van der Waals surface area contributed by atoms with E-state index in [9.17, 15) is 34.8 Å². The minimum absolute atomic E-state index is 0.0719. The third kappa shape index (κ3) is 5.68. The lowest BCUT2D eigenvalue weighted by molar-refractivity contribution is -0.152. The molecule has 1 fully saturated rings. The van der Waals surface area contributed by atoms with Gasteiger partial charge in [-0.05, 0) is 30.4 Å². The highest BCUT2D eigenvalue weighted by Gasteiger charge is 2.47. The highest BCUT2D eigenvalue weighted by Crippen LogP contribution is 2.42. The maximum absolute atomic E-state index is 15.3. The number of hydrogen-bond donors (Lipinski definition) is 1. The van der Waals surface area contributed by atoms with Crippen molar-refractivity contribution < 1.29 is 39.2 Å². The van der Waals surface area contributed by atoms with Crippen LogP contribution in [0.4, 0.5) is 30.7 Å². The van der Waals surface area contributed by atoms with Crippen LogP contribution in [-0.2, 0) is 22.7 Å². The first-order valence-electron chi connectivity index (χ1n) is 11.8. The molecule has 1 atom stereocenters. The Hall–Kier alpha value is -2.67. The highest BCUT2D eigenvalue weighted by atomic mass is 32.2. The van der Waals surface area contributed by atoms with Crippen LogP contribution in [0.2, 0.25) is 0 Å². The molecular weight excluding hydrogens is 539 g/mol. The topological polar surface area (TPSA) is 64.0 Å². The lowest BCUT2D eigenvalue weighted by Crippen LogP contribution is -2.44. The molecule has 13 heteroatoms. The quantitative estimate of drug-likeness (QED) is 0.328. The van der Waals surface area contributed by atoms with Gasteiger partial charge in [0.1, 0.15) is 23.2 Å². The van der Waals surface area contributed by atoms with Crippen molar-refractivity contribution in [3.05, 3.63) is 53.5 Å². The summed E-state index contributed by atoms with van der Waals surface area (Å²) in [6.07, 6.45) is -7.85. The summed E-state index contributed by atoms with van der Waals surface area (Å²) in [5, 5.41) is -1.31. The van der Waals surface area contributed by atoms with Crippen molar-refractivity contribution in [1.82, 2.24) is 14.3 Å². The van der Waals surface area contributed by atoms with E-state index in [1.807, 2.05) is 0 Å². The van der Waals surface area contributed by atoms with E-state index >= 15 is 4.39 Å². The molecule has 38 heavy (non-hydrogen) atoms. The van der Waals surface area contributed by atoms with E-state index < -0.39 is 67.3 Å². The van der Waals surface area contributed by atoms with Gasteiger partial charge in [-0.1, -0.05) is 45.4 Å². The second kappa shape index (κ2) is 9.51. The molecular formula is C25H26F7N3O2S. The van der Waals surface area contributed by atoms with Gasteiger partial charge >= 0.3 is 12.4 Å². The fourth-order valence-corrected chi connectivity index (χ4v) is 6.18. The molecule has 2 heterocycles. The molecule has 0 aliphatic heterocycles. The van der Waals surface area contributed by atoms with Crippen LogP contribution in [0.3, 0.4) is 0 Å². The summed E-state index contributed by atoms with van der Waals surface area (Å²) < 4.78 is 127. The number of sulfonamides is 1. The molecule has 4 rings (SSSR count). The van der Waals surface area contributed by atoms with Crippen molar-refractivity contribution in [2.45, 2.75) is 70.2 Å². The number of fused-ring (bicyclic) bond motifs is 1. The van der Waals surface area contributed by atoms with Gasteiger partial charge < -0.3 is 4.57 Å². The van der Waals surface area contributed by atoms with E-state index in [-0.39, 0.29) is 30.4 Å². The minimum Gasteiger partial charge on any atom is -0.332 e. The van der Waals surface area contributed by atoms with Crippen LogP contribution in [0, 0.1) is 11.2 Å². The van der Waals surface area contributed by atoms with Crippen molar-refractivity contribution in [3.63, 3.8) is 0 Å². The van der Waals surface area contributed by atoms with Gasteiger partial charge in [0, 0.05) is 29.3 Å². The van der Waals surface area contributed by atoms with Gasteiger partial charge in [-0.2, -0.15) is 31.1 Å². The number of halogens is 7. The SMILES string of the molecule is CC(C)(C)Cn1cc(C(NS(=O)(=O)C2CCC2)C(F)(F)F)c2cc(F)c(-c3ccccc3C(F)(F)F)nc21. The molecule has 0 radical (unpaired) electrons. The molecule has 1 saturated carbocycles. The van der Waals surface area contributed by atoms with Crippen molar-refractivity contribution in [2.24, 2.45) is 5.41 Å². The van der Waals surface area contributed by atoms with E-state index in [1.165, 1.54) is 10.6 Å². The predicted molar refractivity (Wildman–Crippen MR) is 128 cm³/mol. The lowest BCUT2D eigenvalue weighted by Gasteiger charge is -2.29. The van der Waals surface area contributed by atoms with Crippen LogP contribution in [-0.4, -0.2) is 29.4 Å². The minimum atomic E-state index is -5.09. The van der Waals surface area contributed by atoms with Crippen LogP contribution < -0.4 is 4.72 Å². The monoisotopic (exact) mass is 565 g/mol. The first-order chi connectivity index (χ1) is 17.4. The number of nitrogens with one attached hydrogen (secondary N) is 1. The molecule has 1 unspecified atom stereocenters. The van der Waals surface area contributed by atoms with Gasteiger partial charge in [0.25, 0.3) is 0 Å². The van der Waals surface area contributed by atoms with Gasteiger partial charge in [-0.25, -0.2) is 17.8 Å². The van der Waals surface area contributed by atoms with Crippen molar-refractivity contribution in [2.75, 3.05) is 0 Å². The number of rotatable bonds is 6. The second-order valence-corrected chi connectivity index (χ2v) is 12.7. The van der Waals surface area contributed by atoms with Crippen LogP contribution in [0.25, 0.3) is 22.3 Å². The molecule has 1 N–H and O–H groups in total. The zero-order valence-electron chi connectivity index (χ0n) is 20.7. The number of hydrogen-bond acceptors (Lipinski definition) is 3. The fourth-order valence-electron chi connectivity index (χ4n) is 4.44. The summed E-state index contributed by atoms with van der Waals surface area (Å²) in [5.41, 5.74) is -3.70. The van der Waals surface area contributed by atoms with Crippen LogP contribution in [0.1, 0.15) is 57.2 Å². The molecule has 0 bridgehead atoms. The zero-order valence-corrected chi connectivity index (χ0v) is 21.5. The van der Waals surface area contributed by atoms with Gasteiger partial charge in [0.15, 0.2) is 0 Å². The van der Waals surface area contributed by atoms with Gasteiger partial charge in [0.2, 0.25) is 10.0 Å². The largest absolute Gasteiger partial charge is 0.417 e. The van der Waals surface area contributed by atoms with Crippen molar-refractivity contribution in [3.8, 4) is 11.3 Å². The van der Waals surface area contributed by atoms with E-state index in [4.69, 9.17) is 0 Å². The first-order valence-corrected chi connectivity index (χ1v) is 13.4. The Morgan fingerprint density at radius 3 is 2.24 bits per heavy atom. The summed E-state index contributed by atoms with van der Waals surface area (Å²) in [7, 11) is -4.35. The van der Waals surface area contributed by atoms with Crippen LogP contribution in [0.5, 0.6) is 0 Å². The number of aromatic nitrogens is 2. The molecule has 2 aromatic heterocycles. The van der Waals surface area contributed by atoms with E-state index in [1.54, 1.807) is 25.5 Å². The molecule has 1 aliphatic carbocycles. The molecule has 0 saturated heterocycles. The molecule has 0 spiro atoms. The summed E-state index contributed by atoms with van der Waals surface area (Å²) in [6, 6.07) is 2.18. The maximum Gasteiger partial charge on any atom is 0.417 e. The number of nitrogens with zero attached hydrogens (tertiary/aromatic N) is 2. The average Bonchev–Trinajstić information content (AvgIpc) is 3.03. The maximum atomic E-state index is 15.3. The summed E-state index contributed by atoms with van der Waals surface area (Å²) >= 11 is 0. The smallest absolute Gasteiger partial charge is 0.332 e. The summed E-state index contributed by atoms with van der Waals surface area (Å²) in [4.78, 5) is 4.09. The number of alkyl halides is 6. The summed E-state index contributed by atoms with van der Waals surface area (Å²) in [6.45, 7) is 5.41. The van der Waals surface area contributed by atoms with Gasteiger partial charge in [-0.15, -0.1) is 0 Å². The van der Waals surface area contributed by atoms with Gasteiger partial charge in [0.05, 0.1) is 10.8 Å². The van der Waals surface area contributed by atoms with Crippen molar-refractivity contribution in [1.29, 1.82) is 0 Å². The normalized spacial score (nSPS) is 16.6. The molecule has 1 aliphatic rings. The highest BCUT2D eigenvalue weighted by molar-refractivity contribution is 7.90. The van der Waals surface area contributed by atoms with Crippen LogP contribution in [0.15, 0.2) is 36.5 Å². The Morgan fingerprint density at radius 1 is 1.08 bits per heavy atom. The Kier molecular flexibility index (Phi) is 7.09. The molecule has 1 aromatic carbocycles. The molecule has 3 aromatic rings. The third-order valence-electron chi connectivity index (χ3n) is 6.38. The zero-order chi connectivity index (χ0) is 28.3. The number of benzene rings is 1. The fraction of sp³-hybridized carbons (Fsp3) is 0.480. The van der Waals surface area contributed by atoms with E-state index in [0.29, 0.717) is 12.5 Å². The van der Waals surface area contributed by atoms with Gasteiger partial charge in [-0.3, -0.25) is 0 Å². The standard InChI is InChI=1S/C25H26F7N3O2S/c1-23(2,3)13-35-12-17(21(25(30,31)32)34-38(36,37)14-7-6-8-14)16-11-19(26)20(33-22(16)35)15-9-4-5-10-18(15)24(27,28)29/h4-5,9-12,14,21,34H,6-8,13H2,1-3H3. The molecule has 5 nitrogen and oxygen atoms in total. The summed E-state index contributed by atoms with van der Waals surface area (Å²) in [5.74, 6) is -1.27. The number of pyridine rings is 1. The Morgan fingerprint density at radius 2 is 1.71 bits per heavy atom. The lowest BCUT2D eigenvalue weighted by atomic mass is 9.97. The average molecular weight is 566 g/mol. The van der Waals surface area contributed by atoms with Crippen molar-refractivity contribution >= 4 is 21.1 Å². The van der Waals surface area contributed by atoms with Crippen LogP contribution >= 0.6 is 0 Å². The Balaban J connectivity index is 1.95. The first kappa shape index (κ1) is 28.3.